The predicted octanol–water partition coefficient (Wildman–Crippen LogP) is 5.04. The smallest absolute Gasteiger partial charge is 0.335 e. The summed E-state index contributed by atoms with van der Waals surface area (Å²) in [5.41, 5.74) is 4.51. The average Bonchev–Trinajstić information content (AvgIpc) is 3.47. The van der Waals surface area contributed by atoms with Crippen LogP contribution in [0.1, 0.15) is 27.5 Å². The zero-order valence-corrected chi connectivity index (χ0v) is 20.7. The predicted molar refractivity (Wildman–Crippen MR) is 142 cm³/mol. The van der Waals surface area contributed by atoms with E-state index >= 15 is 0 Å². The molecule has 2 heterocycles. The molecule has 0 aliphatic rings. The Balaban J connectivity index is 1.45. The lowest BCUT2D eigenvalue weighted by Crippen LogP contribution is -2.24. The van der Waals surface area contributed by atoms with Crippen LogP contribution >= 0.6 is 11.6 Å². The highest BCUT2D eigenvalue weighted by Gasteiger charge is 2.23. The van der Waals surface area contributed by atoms with Crippen LogP contribution in [0.4, 0.5) is 5.69 Å². The number of amides is 1. The van der Waals surface area contributed by atoms with Crippen molar-refractivity contribution in [2.45, 2.75) is 12.3 Å². The summed E-state index contributed by atoms with van der Waals surface area (Å²) in [7, 11) is 0. The molecule has 0 saturated carbocycles. The van der Waals surface area contributed by atoms with Crippen molar-refractivity contribution in [1.29, 1.82) is 0 Å². The molecule has 188 valence electrons. The number of carbonyl (C=O) groups excluding carboxylic acids is 1. The van der Waals surface area contributed by atoms with Crippen molar-refractivity contribution < 1.29 is 14.7 Å². The molecule has 2 aromatic heterocycles. The van der Waals surface area contributed by atoms with E-state index in [0.29, 0.717) is 22.8 Å². The minimum Gasteiger partial charge on any atom is -0.478 e. The van der Waals surface area contributed by atoms with Crippen molar-refractivity contribution in [2.75, 3.05) is 5.32 Å². The van der Waals surface area contributed by atoms with Gasteiger partial charge in [-0.15, -0.1) is 5.10 Å². The molecule has 2 N–H and O–H groups in total. The number of halogens is 1. The van der Waals surface area contributed by atoms with Gasteiger partial charge in [-0.2, -0.15) is 4.68 Å². The molecule has 0 spiro atoms. The number of nitrogens with one attached hydrogen (secondary N) is 1. The first-order valence-corrected chi connectivity index (χ1v) is 12.0. The van der Waals surface area contributed by atoms with Gasteiger partial charge in [-0.3, -0.25) is 9.78 Å². The number of aromatic nitrogens is 5. The number of anilines is 1. The van der Waals surface area contributed by atoms with Gasteiger partial charge in [-0.05, 0) is 70.9 Å². The van der Waals surface area contributed by atoms with E-state index in [1.807, 2.05) is 54.6 Å². The van der Waals surface area contributed by atoms with E-state index in [4.69, 9.17) is 16.7 Å². The van der Waals surface area contributed by atoms with E-state index in [2.05, 4.69) is 25.8 Å². The van der Waals surface area contributed by atoms with E-state index < -0.39 is 11.9 Å². The molecule has 1 atom stereocenters. The second-order valence-electron chi connectivity index (χ2n) is 8.50. The monoisotopic (exact) mass is 524 g/mol. The van der Waals surface area contributed by atoms with Crippen LogP contribution < -0.4 is 5.32 Å². The second kappa shape index (κ2) is 11.0. The third kappa shape index (κ3) is 5.58. The molecule has 0 radical (unpaired) electrons. The van der Waals surface area contributed by atoms with Crippen LogP contribution in [0.3, 0.4) is 0 Å². The maximum atomic E-state index is 13.4. The molecule has 0 saturated heterocycles. The molecule has 5 rings (SSSR count). The summed E-state index contributed by atoms with van der Waals surface area (Å²) in [5, 5.41) is 24.0. The maximum absolute atomic E-state index is 13.4. The Morgan fingerprint density at radius 3 is 2.42 bits per heavy atom. The first-order chi connectivity index (χ1) is 18.5. The first kappa shape index (κ1) is 24.8. The van der Waals surface area contributed by atoms with Crippen LogP contribution in [0.5, 0.6) is 0 Å². The average molecular weight is 525 g/mol. The number of hydrogen-bond donors (Lipinski definition) is 2. The number of aromatic carboxylic acids is 1. The third-order valence-electron chi connectivity index (χ3n) is 6.01. The third-order valence-corrected chi connectivity index (χ3v) is 6.24. The molecule has 0 bridgehead atoms. The zero-order chi connectivity index (χ0) is 26.5. The van der Waals surface area contributed by atoms with Crippen molar-refractivity contribution in [3.63, 3.8) is 0 Å². The summed E-state index contributed by atoms with van der Waals surface area (Å²) in [4.78, 5) is 29.2. The summed E-state index contributed by atoms with van der Waals surface area (Å²) in [6.45, 7) is 0. The number of tetrazole rings is 1. The standard InChI is InChI=1S/C28H21ClN6O3/c29-21-9-13-26(35-17-31-33-34-35)23(15-21)20-8-12-25(30-16-20)24(14-18-4-2-1-3-5-18)27(36)32-22-10-6-19(7-11-22)28(37)38/h1-13,15-17,24H,14H2,(H,32,36)(H,37,38)/t24-/m1/s1. The topological polar surface area (TPSA) is 123 Å². The van der Waals surface area contributed by atoms with E-state index in [1.165, 1.54) is 18.5 Å². The Labute approximate surface area is 222 Å². The number of nitrogens with zero attached hydrogens (tertiary/aromatic N) is 5. The highest BCUT2D eigenvalue weighted by molar-refractivity contribution is 6.31. The number of carboxylic acid groups (broad SMARTS) is 1. The number of carboxylic acids is 1. The number of rotatable bonds is 8. The van der Waals surface area contributed by atoms with Gasteiger partial charge in [0.25, 0.3) is 0 Å². The van der Waals surface area contributed by atoms with E-state index in [-0.39, 0.29) is 11.5 Å². The molecule has 10 heteroatoms. The first-order valence-electron chi connectivity index (χ1n) is 11.7. The minimum absolute atomic E-state index is 0.142. The highest BCUT2D eigenvalue weighted by Crippen LogP contribution is 2.30. The van der Waals surface area contributed by atoms with Crippen LogP contribution in [0.15, 0.2) is 97.5 Å². The second-order valence-corrected chi connectivity index (χ2v) is 8.94. The van der Waals surface area contributed by atoms with Gasteiger partial charge in [-0.25, -0.2) is 4.79 Å². The van der Waals surface area contributed by atoms with E-state index in [0.717, 1.165) is 22.4 Å². The van der Waals surface area contributed by atoms with Crippen molar-refractivity contribution >= 4 is 29.2 Å². The lowest BCUT2D eigenvalue weighted by Gasteiger charge is -2.18. The van der Waals surface area contributed by atoms with Gasteiger partial charge in [-0.1, -0.05) is 48.0 Å². The Kier molecular flexibility index (Phi) is 7.19. The fraction of sp³-hybridized carbons (Fsp3) is 0.0714. The van der Waals surface area contributed by atoms with E-state index in [1.54, 1.807) is 29.1 Å². The number of benzene rings is 3. The van der Waals surface area contributed by atoms with Gasteiger partial charge in [0.2, 0.25) is 5.91 Å². The number of pyridine rings is 1. The van der Waals surface area contributed by atoms with Gasteiger partial charge in [0.1, 0.15) is 6.33 Å². The summed E-state index contributed by atoms with van der Waals surface area (Å²) < 4.78 is 1.54. The molecule has 1 amide bonds. The zero-order valence-electron chi connectivity index (χ0n) is 19.9. The molecular formula is C28H21ClN6O3. The highest BCUT2D eigenvalue weighted by atomic mass is 35.5. The fourth-order valence-electron chi connectivity index (χ4n) is 4.09. The van der Waals surface area contributed by atoms with Crippen molar-refractivity contribution in [3.8, 4) is 16.8 Å². The van der Waals surface area contributed by atoms with Gasteiger partial charge >= 0.3 is 5.97 Å². The van der Waals surface area contributed by atoms with Crippen molar-refractivity contribution in [3.05, 3.63) is 119 Å². The molecule has 5 aromatic rings. The van der Waals surface area contributed by atoms with Crippen LogP contribution in [0, 0.1) is 0 Å². The van der Waals surface area contributed by atoms with Gasteiger partial charge < -0.3 is 10.4 Å². The summed E-state index contributed by atoms with van der Waals surface area (Å²) in [6.07, 6.45) is 3.62. The normalized spacial score (nSPS) is 11.6. The van der Waals surface area contributed by atoms with Gasteiger partial charge in [0.05, 0.1) is 22.9 Å². The van der Waals surface area contributed by atoms with E-state index in [9.17, 15) is 9.59 Å². The van der Waals surface area contributed by atoms with Crippen LogP contribution in [0.25, 0.3) is 16.8 Å². The number of carbonyl (C=O) groups is 2. The SMILES string of the molecule is O=C(O)c1ccc(NC(=O)[C@H](Cc2ccccc2)c2ccc(-c3cc(Cl)ccc3-n3cnnn3)cn2)cc1. The summed E-state index contributed by atoms with van der Waals surface area (Å²) >= 11 is 6.28. The van der Waals surface area contributed by atoms with Crippen molar-refractivity contribution in [1.82, 2.24) is 25.2 Å². The molecule has 0 aliphatic heterocycles. The molecule has 9 nitrogen and oxygen atoms in total. The molecule has 0 fully saturated rings. The van der Waals surface area contributed by atoms with Gasteiger partial charge in [0, 0.05) is 28.0 Å². The lowest BCUT2D eigenvalue weighted by molar-refractivity contribution is -0.117. The fourth-order valence-corrected chi connectivity index (χ4v) is 4.26. The Morgan fingerprint density at radius 1 is 0.974 bits per heavy atom. The van der Waals surface area contributed by atoms with Crippen LogP contribution in [0.2, 0.25) is 5.02 Å². The van der Waals surface area contributed by atoms with Crippen LogP contribution in [-0.2, 0) is 11.2 Å². The van der Waals surface area contributed by atoms with Crippen LogP contribution in [-0.4, -0.2) is 42.2 Å². The van der Waals surface area contributed by atoms with Gasteiger partial charge in [0.15, 0.2) is 0 Å². The molecule has 3 aromatic carbocycles. The maximum Gasteiger partial charge on any atom is 0.335 e. The lowest BCUT2D eigenvalue weighted by atomic mass is 9.93. The Hall–Kier alpha value is -4.89. The number of hydrogen-bond acceptors (Lipinski definition) is 6. The molecule has 0 unspecified atom stereocenters. The molecular weight excluding hydrogens is 504 g/mol. The minimum atomic E-state index is -1.03. The Morgan fingerprint density at radius 2 is 1.76 bits per heavy atom. The quantitative estimate of drug-likeness (QED) is 0.291. The Bertz CT molecular complexity index is 1560. The summed E-state index contributed by atoms with van der Waals surface area (Å²) in [5.74, 6) is -1.88. The molecule has 0 aliphatic carbocycles. The van der Waals surface area contributed by atoms with Crippen molar-refractivity contribution in [2.24, 2.45) is 0 Å². The largest absolute Gasteiger partial charge is 0.478 e. The molecule has 38 heavy (non-hydrogen) atoms. The summed E-state index contributed by atoms with van der Waals surface area (Å²) in [6, 6.07) is 24.8.